The Balaban J connectivity index is 1.85. The number of allylic oxidation sites excluding steroid dienone is 1. The van der Waals surface area contributed by atoms with Gasteiger partial charge in [0.1, 0.15) is 11.6 Å². The van der Waals surface area contributed by atoms with Gasteiger partial charge in [-0.25, -0.2) is 8.78 Å². The molecule has 0 bridgehead atoms. The van der Waals surface area contributed by atoms with Gasteiger partial charge < -0.3 is 15.0 Å². The maximum atomic E-state index is 13.6. The molecule has 3 rings (SSSR count). The fraction of sp³-hybridized carbons (Fsp3) is 0.357. The summed E-state index contributed by atoms with van der Waals surface area (Å²) in [5, 5.41) is 7.25. The summed E-state index contributed by atoms with van der Waals surface area (Å²) in [5.74, 6) is -3.43. The molecule has 0 unspecified atom stereocenters. The lowest BCUT2D eigenvalue weighted by Gasteiger charge is -2.28. The zero-order valence-corrected chi connectivity index (χ0v) is 20.4. The van der Waals surface area contributed by atoms with Crippen LogP contribution in [0.15, 0.2) is 60.4 Å². The molecule has 1 saturated heterocycles. The van der Waals surface area contributed by atoms with Gasteiger partial charge in [-0.2, -0.15) is 0 Å². The second-order valence-corrected chi connectivity index (χ2v) is 9.31. The van der Waals surface area contributed by atoms with Crippen molar-refractivity contribution in [1.29, 1.82) is 5.41 Å². The Labute approximate surface area is 209 Å². The fourth-order valence-electron chi connectivity index (χ4n) is 4.41. The molecule has 1 atom stereocenters. The monoisotopic (exact) mass is 496 g/mol. The van der Waals surface area contributed by atoms with E-state index in [1.54, 1.807) is 29.2 Å². The average Bonchev–Trinajstić information content (AvgIpc) is 3.31. The molecule has 1 fully saturated rings. The molecule has 0 spiro atoms. The van der Waals surface area contributed by atoms with Crippen LogP contribution in [0.1, 0.15) is 56.6 Å². The van der Waals surface area contributed by atoms with Gasteiger partial charge in [0.2, 0.25) is 5.78 Å². The first kappa shape index (κ1) is 26.9. The number of hydrogen-bond donors (Lipinski definition) is 1. The summed E-state index contributed by atoms with van der Waals surface area (Å²) in [6.45, 7) is 4.09. The van der Waals surface area contributed by atoms with Crippen molar-refractivity contribution in [3.63, 3.8) is 0 Å². The first-order valence-electron chi connectivity index (χ1n) is 12.0. The van der Waals surface area contributed by atoms with Crippen LogP contribution in [0.3, 0.4) is 0 Å². The second-order valence-electron chi connectivity index (χ2n) is 9.31. The van der Waals surface area contributed by atoms with Crippen LogP contribution in [0, 0.1) is 23.0 Å². The highest BCUT2D eigenvalue weighted by Gasteiger charge is 2.32. The van der Waals surface area contributed by atoms with Crippen LogP contribution in [0.4, 0.5) is 8.78 Å². The van der Waals surface area contributed by atoms with Gasteiger partial charge in [-0.15, -0.1) is 0 Å². The summed E-state index contributed by atoms with van der Waals surface area (Å²) >= 11 is 0. The number of carbonyl (C=O) groups is 3. The molecule has 0 radical (unpaired) electrons. The molecule has 1 aliphatic heterocycles. The van der Waals surface area contributed by atoms with Gasteiger partial charge in [-0.3, -0.25) is 14.4 Å². The Morgan fingerprint density at radius 3 is 2.08 bits per heavy atom. The van der Waals surface area contributed by atoms with Crippen molar-refractivity contribution in [2.75, 3.05) is 6.54 Å². The van der Waals surface area contributed by atoms with E-state index in [0.29, 0.717) is 25.6 Å². The number of amides is 1. The number of benzene rings is 2. The lowest BCUT2D eigenvalue weighted by Crippen LogP contribution is -2.36. The summed E-state index contributed by atoms with van der Waals surface area (Å²) in [5.41, 5.74) is 1.67. The first-order valence-corrected chi connectivity index (χ1v) is 12.0. The van der Waals surface area contributed by atoms with Crippen molar-refractivity contribution in [2.24, 2.45) is 5.92 Å². The summed E-state index contributed by atoms with van der Waals surface area (Å²) in [6, 6.07) is 12.0. The molecule has 36 heavy (non-hydrogen) atoms. The minimum atomic E-state index is -0.869. The minimum absolute atomic E-state index is 0.00218. The average molecular weight is 497 g/mol. The fourth-order valence-corrected chi connectivity index (χ4v) is 4.41. The van der Waals surface area contributed by atoms with Crippen LogP contribution in [0.25, 0.3) is 0 Å². The highest BCUT2D eigenvalue weighted by Crippen LogP contribution is 2.34. The standard InChI is InChI=1S/C28H30F2N2O4/c1-18(2)14-28(35)36-26(25(33)17-31)16-27(34)32-13-3-4-23(32)15-24(19-5-9-21(29)10-6-19)20-7-11-22(30)12-8-20/h5-12,16-18,23-24,31H,3-4,13-15H2,1-2H3/b26-16-,31-17?/t23-/m1/s1. The van der Waals surface area contributed by atoms with Crippen molar-refractivity contribution in [3.05, 3.63) is 83.1 Å². The van der Waals surface area contributed by atoms with Gasteiger partial charge in [0.15, 0.2) is 5.76 Å². The SMILES string of the molecule is CC(C)CC(=O)O/C(=C\C(=O)N1CCC[C@@H]1CC(c1ccc(F)cc1)c1ccc(F)cc1)C(=O)C=N. The molecule has 1 N–H and O–H groups in total. The van der Waals surface area contributed by atoms with Crippen LogP contribution in [0.2, 0.25) is 0 Å². The van der Waals surface area contributed by atoms with Crippen LogP contribution in [0.5, 0.6) is 0 Å². The van der Waals surface area contributed by atoms with Crippen molar-refractivity contribution >= 4 is 23.9 Å². The molecule has 2 aromatic carbocycles. The number of halogens is 2. The molecule has 190 valence electrons. The Morgan fingerprint density at radius 1 is 1.03 bits per heavy atom. The number of hydrogen-bond acceptors (Lipinski definition) is 5. The zero-order valence-electron chi connectivity index (χ0n) is 20.4. The van der Waals surface area contributed by atoms with E-state index in [-0.39, 0.29) is 35.9 Å². The number of rotatable bonds is 10. The molecule has 8 heteroatoms. The Hall–Kier alpha value is -3.68. The van der Waals surface area contributed by atoms with E-state index in [1.165, 1.54) is 24.3 Å². The van der Waals surface area contributed by atoms with Gasteiger partial charge >= 0.3 is 5.97 Å². The number of likely N-dealkylation sites (tertiary alicyclic amines) is 1. The molecular weight excluding hydrogens is 466 g/mol. The van der Waals surface area contributed by atoms with Crippen molar-refractivity contribution in [3.8, 4) is 0 Å². The molecular formula is C28H30F2N2O4. The Kier molecular flexibility index (Phi) is 9.22. The number of nitrogens with one attached hydrogen (secondary N) is 1. The van der Waals surface area contributed by atoms with E-state index in [1.807, 2.05) is 13.8 Å². The number of ketones is 1. The molecule has 0 aromatic heterocycles. The molecule has 0 saturated carbocycles. The van der Waals surface area contributed by atoms with Crippen molar-refractivity contribution in [1.82, 2.24) is 4.90 Å². The van der Waals surface area contributed by atoms with E-state index in [4.69, 9.17) is 10.1 Å². The smallest absolute Gasteiger partial charge is 0.311 e. The molecule has 1 amide bonds. The highest BCUT2D eigenvalue weighted by atomic mass is 19.1. The van der Waals surface area contributed by atoms with Gasteiger partial charge in [-0.1, -0.05) is 38.1 Å². The van der Waals surface area contributed by atoms with Gasteiger partial charge in [0, 0.05) is 24.9 Å². The summed E-state index contributed by atoms with van der Waals surface area (Å²) in [7, 11) is 0. The zero-order chi connectivity index (χ0) is 26.2. The largest absolute Gasteiger partial charge is 0.422 e. The third-order valence-electron chi connectivity index (χ3n) is 6.14. The van der Waals surface area contributed by atoms with Crippen molar-refractivity contribution < 1.29 is 27.9 Å². The summed E-state index contributed by atoms with van der Waals surface area (Å²) in [4.78, 5) is 39.0. The molecule has 1 aliphatic rings. The third kappa shape index (κ3) is 7.16. The Morgan fingerprint density at radius 2 is 1.58 bits per heavy atom. The lowest BCUT2D eigenvalue weighted by molar-refractivity contribution is -0.142. The Bertz CT molecular complexity index is 1080. The maximum Gasteiger partial charge on any atom is 0.311 e. The van der Waals surface area contributed by atoms with Gasteiger partial charge in [0.25, 0.3) is 5.91 Å². The highest BCUT2D eigenvalue weighted by molar-refractivity contribution is 6.34. The molecule has 0 aliphatic carbocycles. The van der Waals surface area contributed by atoms with E-state index in [9.17, 15) is 23.2 Å². The van der Waals surface area contributed by atoms with Crippen molar-refractivity contribution in [2.45, 2.75) is 51.5 Å². The number of esters is 1. The van der Waals surface area contributed by atoms with Crippen LogP contribution >= 0.6 is 0 Å². The third-order valence-corrected chi connectivity index (χ3v) is 6.14. The van der Waals surface area contributed by atoms with E-state index in [2.05, 4.69) is 0 Å². The quantitative estimate of drug-likeness (QED) is 0.213. The van der Waals surface area contributed by atoms with Gasteiger partial charge in [-0.05, 0) is 60.6 Å². The summed E-state index contributed by atoms with van der Waals surface area (Å²) in [6.07, 6.45) is 3.50. The van der Waals surface area contributed by atoms with Crippen LogP contribution in [-0.4, -0.2) is 41.4 Å². The predicted octanol–water partition coefficient (Wildman–Crippen LogP) is 5.17. The van der Waals surface area contributed by atoms with Gasteiger partial charge in [0.05, 0.1) is 12.3 Å². The normalized spacial score (nSPS) is 15.9. The molecule has 2 aromatic rings. The number of ether oxygens (including phenoxy) is 1. The van der Waals surface area contributed by atoms with Crippen LogP contribution in [-0.2, 0) is 19.1 Å². The minimum Gasteiger partial charge on any atom is -0.422 e. The van der Waals surface area contributed by atoms with E-state index >= 15 is 0 Å². The number of nitrogens with zero attached hydrogens (tertiary/aromatic N) is 1. The van der Waals surface area contributed by atoms with Crippen LogP contribution < -0.4 is 0 Å². The van der Waals surface area contributed by atoms with E-state index < -0.39 is 23.4 Å². The molecule has 1 heterocycles. The summed E-state index contributed by atoms with van der Waals surface area (Å²) < 4.78 is 32.3. The van der Waals surface area contributed by atoms with E-state index in [0.717, 1.165) is 23.6 Å². The maximum absolute atomic E-state index is 13.6. The first-order chi connectivity index (χ1) is 17.2. The second kappa shape index (κ2) is 12.3. The topological polar surface area (TPSA) is 87.5 Å². The predicted molar refractivity (Wildman–Crippen MR) is 131 cm³/mol. The lowest BCUT2D eigenvalue weighted by atomic mass is 9.85. The number of Topliss-reactive ketones (excluding diaryl/α,β-unsaturated/α-hetero) is 1. The molecule has 6 nitrogen and oxygen atoms in total. The number of carbonyl (C=O) groups excluding carboxylic acids is 3.